The Kier molecular flexibility index (Phi) is 4.03. The summed E-state index contributed by atoms with van der Waals surface area (Å²) >= 11 is 1.51. The minimum absolute atomic E-state index is 0.0799. The predicted octanol–water partition coefficient (Wildman–Crippen LogP) is 2.59. The van der Waals surface area contributed by atoms with Crippen LogP contribution in [0.4, 0.5) is 0 Å². The van der Waals surface area contributed by atoms with Gasteiger partial charge in [-0.1, -0.05) is 26.8 Å². The summed E-state index contributed by atoms with van der Waals surface area (Å²) in [6.45, 7) is 6.06. The van der Waals surface area contributed by atoms with Gasteiger partial charge in [0.25, 0.3) is 0 Å². The zero-order chi connectivity index (χ0) is 12.3. The second kappa shape index (κ2) is 4.92. The lowest BCUT2D eigenvalue weighted by Crippen LogP contribution is -2.07. The first-order valence-electron chi connectivity index (χ1n) is 5.31. The average Bonchev–Trinajstić information content (AvgIpc) is 2.78. The quantitative estimate of drug-likeness (QED) is 0.559. The van der Waals surface area contributed by atoms with Crippen molar-refractivity contribution < 1.29 is 9.53 Å². The monoisotopic (exact) mass is 239 g/mol. The van der Waals surface area contributed by atoms with E-state index in [4.69, 9.17) is 10.00 Å². The van der Waals surface area contributed by atoms with Crippen LogP contribution in [0.15, 0.2) is 11.0 Å². The van der Waals surface area contributed by atoms with Crippen LogP contribution in [-0.2, 0) is 9.53 Å². The van der Waals surface area contributed by atoms with Gasteiger partial charge < -0.3 is 4.74 Å². The minimum atomic E-state index is -0.176. The first-order chi connectivity index (χ1) is 7.48. The molecule has 1 saturated carbocycles. The molecule has 1 aliphatic carbocycles. The molecular formula is C12H17NO2S. The SMILES string of the molecule is CCSC(C#N)=C[C@@H]1[C@@H](C(=O)OC)C1(C)C. The van der Waals surface area contributed by atoms with Gasteiger partial charge in [0.2, 0.25) is 0 Å². The molecule has 2 atom stereocenters. The van der Waals surface area contributed by atoms with E-state index in [2.05, 4.69) is 6.07 Å². The van der Waals surface area contributed by atoms with Crippen molar-refractivity contribution in [2.24, 2.45) is 17.3 Å². The fraction of sp³-hybridized carbons (Fsp3) is 0.667. The van der Waals surface area contributed by atoms with E-state index in [-0.39, 0.29) is 23.2 Å². The molecule has 0 aliphatic heterocycles. The summed E-state index contributed by atoms with van der Waals surface area (Å²) in [6, 6.07) is 2.16. The number of carbonyl (C=O) groups is 1. The van der Waals surface area contributed by atoms with Crippen molar-refractivity contribution in [2.45, 2.75) is 20.8 Å². The van der Waals surface area contributed by atoms with Crippen LogP contribution in [0.25, 0.3) is 0 Å². The number of allylic oxidation sites excluding steroid dienone is 2. The van der Waals surface area contributed by atoms with Crippen LogP contribution in [0.2, 0.25) is 0 Å². The van der Waals surface area contributed by atoms with E-state index in [1.54, 1.807) is 0 Å². The topological polar surface area (TPSA) is 50.1 Å². The highest BCUT2D eigenvalue weighted by atomic mass is 32.2. The van der Waals surface area contributed by atoms with Crippen LogP contribution in [0.3, 0.4) is 0 Å². The number of hydrogen-bond donors (Lipinski definition) is 0. The lowest BCUT2D eigenvalue weighted by atomic mass is 10.1. The first kappa shape index (κ1) is 13.1. The molecule has 0 aromatic carbocycles. The highest BCUT2D eigenvalue weighted by Crippen LogP contribution is 2.60. The lowest BCUT2D eigenvalue weighted by Gasteiger charge is -1.99. The Morgan fingerprint density at radius 3 is 2.69 bits per heavy atom. The Bertz CT molecular complexity index is 355. The standard InChI is InChI=1S/C12H17NO2S/c1-5-16-8(7-13)6-9-10(11(14)15-4)12(9,2)3/h6,9-10H,5H2,1-4H3/t9-,10+/m1/s1. The number of hydrogen-bond acceptors (Lipinski definition) is 4. The summed E-state index contributed by atoms with van der Waals surface area (Å²) in [7, 11) is 1.41. The van der Waals surface area contributed by atoms with E-state index in [1.165, 1.54) is 18.9 Å². The molecule has 0 radical (unpaired) electrons. The van der Waals surface area contributed by atoms with Crippen LogP contribution in [0.1, 0.15) is 20.8 Å². The smallest absolute Gasteiger partial charge is 0.309 e. The molecule has 0 N–H and O–H groups in total. The Morgan fingerprint density at radius 2 is 2.25 bits per heavy atom. The molecule has 0 unspecified atom stereocenters. The van der Waals surface area contributed by atoms with Gasteiger partial charge in [-0.25, -0.2) is 0 Å². The average molecular weight is 239 g/mol. The van der Waals surface area contributed by atoms with E-state index >= 15 is 0 Å². The molecule has 88 valence electrons. The molecular weight excluding hydrogens is 222 g/mol. The second-order valence-corrected chi connectivity index (χ2v) is 5.73. The van der Waals surface area contributed by atoms with Gasteiger partial charge >= 0.3 is 5.97 Å². The van der Waals surface area contributed by atoms with E-state index in [9.17, 15) is 4.79 Å². The molecule has 1 fully saturated rings. The van der Waals surface area contributed by atoms with Crippen molar-refractivity contribution in [2.75, 3.05) is 12.9 Å². The van der Waals surface area contributed by atoms with Gasteiger partial charge in [-0.2, -0.15) is 5.26 Å². The van der Waals surface area contributed by atoms with Gasteiger partial charge in [0.15, 0.2) is 0 Å². The summed E-state index contributed by atoms with van der Waals surface area (Å²) in [5.74, 6) is 0.729. The molecule has 0 saturated heterocycles. The van der Waals surface area contributed by atoms with Crippen molar-refractivity contribution >= 4 is 17.7 Å². The fourth-order valence-corrected chi connectivity index (χ4v) is 2.62. The van der Waals surface area contributed by atoms with Gasteiger partial charge in [0.1, 0.15) is 6.07 Å². The molecule has 4 heteroatoms. The van der Waals surface area contributed by atoms with E-state index in [0.29, 0.717) is 4.91 Å². The van der Waals surface area contributed by atoms with Gasteiger partial charge in [0, 0.05) is 0 Å². The molecule has 1 aliphatic rings. The zero-order valence-corrected chi connectivity index (χ0v) is 10.9. The third-order valence-electron chi connectivity index (χ3n) is 3.11. The first-order valence-corrected chi connectivity index (χ1v) is 6.30. The molecule has 0 aromatic rings. The van der Waals surface area contributed by atoms with Crippen LogP contribution < -0.4 is 0 Å². The second-order valence-electron chi connectivity index (χ2n) is 4.42. The van der Waals surface area contributed by atoms with Gasteiger partial charge in [-0.15, -0.1) is 11.8 Å². The largest absolute Gasteiger partial charge is 0.469 e. The number of thioether (sulfide) groups is 1. The molecule has 0 amide bonds. The number of carbonyl (C=O) groups excluding carboxylic acids is 1. The Balaban J connectivity index is 2.77. The number of nitrogens with zero attached hydrogens (tertiary/aromatic N) is 1. The summed E-state index contributed by atoms with van der Waals surface area (Å²) in [5, 5.41) is 8.93. The van der Waals surface area contributed by atoms with Crippen LogP contribution in [-0.4, -0.2) is 18.8 Å². The number of ether oxygens (including phenoxy) is 1. The molecule has 16 heavy (non-hydrogen) atoms. The number of rotatable bonds is 4. The third kappa shape index (κ3) is 2.41. The maximum Gasteiger partial charge on any atom is 0.309 e. The summed E-state index contributed by atoms with van der Waals surface area (Å²) in [5.41, 5.74) is -0.0799. The molecule has 1 rings (SSSR count). The Morgan fingerprint density at radius 1 is 1.62 bits per heavy atom. The maximum atomic E-state index is 11.5. The van der Waals surface area contributed by atoms with E-state index < -0.39 is 0 Å². The summed E-state index contributed by atoms with van der Waals surface area (Å²) in [6.07, 6.45) is 1.91. The molecule has 3 nitrogen and oxygen atoms in total. The van der Waals surface area contributed by atoms with E-state index in [1.807, 2.05) is 26.8 Å². The number of esters is 1. The van der Waals surface area contributed by atoms with Crippen LogP contribution >= 0.6 is 11.8 Å². The zero-order valence-electron chi connectivity index (χ0n) is 10.1. The molecule has 0 spiro atoms. The van der Waals surface area contributed by atoms with Gasteiger partial charge in [-0.3, -0.25) is 4.79 Å². The minimum Gasteiger partial charge on any atom is -0.469 e. The summed E-state index contributed by atoms with van der Waals surface area (Å²) < 4.78 is 4.76. The van der Waals surface area contributed by atoms with Crippen molar-refractivity contribution in [1.82, 2.24) is 0 Å². The fourth-order valence-electron chi connectivity index (χ4n) is 2.00. The molecule has 0 bridgehead atoms. The lowest BCUT2D eigenvalue weighted by molar-refractivity contribution is -0.143. The van der Waals surface area contributed by atoms with Gasteiger partial charge in [0.05, 0.1) is 17.9 Å². The third-order valence-corrected chi connectivity index (χ3v) is 3.93. The highest BCUT2D eigenvalue weighted by molar-refractivity contribution is 8.03. The summed E-state index contributed by atoms with van der Waals surface area (Å²) in [4.78, 5) is 12.2. The maximum absolute atomic E-state index is 11.5. The Hall–Kier alpha value is -0.950. The van der Waals surface area contributed by atoms with Crippen molar-refractivity contribution in [1.29, 1.82) is 5.26 Å². The van der Waals surface area contributed by atoms with E-state index in [0.717, 1.165) is 5.75 Å². The predicted molar refractivity (Wildman–Crippen MR) is 64.6 cm³/mol. The number of nitriles is 1. The van der Waals surface area contributed by atoms with Crippen LogP contribution in [0, 0.1) is 28.6 Å². The molecule has 0 aromatic heterocycles. The normalized spacial score (nSPS) is 27.1. The molecule has 0 heterocycles. The number of methoxy groups -OCH3 is 1. The van der Waals surface area contributed by atoms with Crippen molar-refractivity contribution in [3.05, 3.63) is 11.0 Å². The van der Waals surface area contributed by atoms with Crippen LogP contribution in [0.5, 0.6) is 0 Å². The van der Waals surface area contributed by atoms with Gasteiger partial charge in [-0.05, 0) is 17.1 Å². The Labute approximate surface area is 101 Å². The van der Waals surface area contributed by atoms with Crippen molar-refractivity contribution in [3.63, 3.8) is 0 Å². The van der Waals surface area contributed by atoms with Crippen molar-refractivity contribution in [3.8, 4) is 6.07 Å². The highest BCUT2D eigenvalue weighted by Gasteiger charge is 2.61.